The first-order valence-corrected chi connectivity index (χ1v) is 25.8. The lowest BCUT2D eigenvalue weighted by Crippen LogP contribution is -2.61. The summed E-state index contributed by atoms with van der Waals surface area (Å²) in [7, 11) is 0. The van der Waals surface area contributed by atoms with Gasteiger partial charge >= 0.3 is 6.85 Å². The maximum absolute atomic E-state index is 4.87. The molecule has 0 bridgehead atoms. The molecule has 2 aliphatic carbocycles. The average molecular weight is 909 g/mol. The molecule has 0 atom stereocenters. The number of rotatable bonds is 1. The Morgan fingerprint density at radius 2 is 1.19 bits per heavy atom. The number of hydrogen-bond donors (Lipinski definition) is 0. The van der Waals surface area contributed by atoms with E-state index in [1.54, 1.807) is 0 Å². The molecular weight excluding hydrogens is 852 g/mol. The first-order valence-electron chi connectivity index (χ1n) is 25.0. The molecule has 0 unspecified atom stereocenters. The van der Waals surface area contributed by atoms with E-state index in [2.05, 4.69) is 219 Å². The smallest absolute Gasteiger partial charge is 0.333 e. The number of hydrogen-bond acceptors (Lipinski definition) is 2. The Labute approximate surface area is 411 Å². The van der Waals surface area contributed by atoms with Crippen LogP contribution >= 0.6 is 11.3 Å². The summed E-state index contributed by atoms with van der Waals surface area (Å²) >= 11 is 1.93. The Balaban J connectivity index is 1.22. The van der Waals surface area contributed by atoms with E-state index in [0.717, 1.165) is 5.57 Å². The van der Waals surface area contributed by atoms with Crippen molar-refractivity contribution in [2.24, 2.45) is 0 Å². The number of thiophene rings is 1. The molecule has 2 aliphatic heterocycles. The highest BCUT2D eigenvalue weighted by molar-refractivity contribution is 7.26. The average Bonchev–Trinajstić information content (AvgIpc) is 4.01. The molecule has 0 spiro atoms. The zero-order valence-corrected chi connectivity index (χ0v) is 42.6. The number of anilines is 2. The van der Waals surface area contributed by atoms with Crippen LogP contribution in [-0.4, -0.2) is 11.4 Å². The van der Waals surface area contributed by atoms with Crippen LogP contribution in [0.3, 0.4) is 0 Å². The van der Waals surface area contributed by atoms with Crippen molar-refractivity contribution in [3.63, 3.8) is 0 Å². The molecule has 0 saturated carbocycles. The lowest BCUT2D eigenvalue weighted by molar-refractivity contribution is 0.590. The lowest BCUT2D eigenvalue weighted by Gasteiger charge is -2.44. The summed E-state index contributed by atoms with van der Waals surface area (Å²) in [6, 6.07) is 52.7. The summed E-state index contributed by atoms with van der Waals surface area (Å²) in [6.07, 6.45) is 0. The molecule has 2 nitrogen and oxygen atoms in total. The largest absolute Gasteiger partial charge is 0.376 e. The van der Waals surface area contributed by atoms with Gasteiger partial charge in [0.2, 0.25) is 0 Å². The van der Waals surface area contributed by atoms with E-state index in [-0.39, 0.29) is 28.5 Å². The van der Waals surface area contributed by atoms with E-state index in [0.29, 0.717) is 0 Å². The third kappa shape index (κ3) is 5.34. The summed E-state index contributed by atoms with van der Waals surface area (Å²) in [5.74, 6) is 0. The van der Waals surface area contributed by atoms with Gasteiger partial charge in [-0.05, 0) is 160 Å². The molecule has 336 valence electrons. The Hall–Kier alpha value is -6.62. The van der Waals surface area contributed by atoms with E-state index in [9.17, 15) is 0 Å². The molecule has 8 aromatic carbocycles. The van der Waals surface area contributed by atoms with Crippen LogP contribution in [0.25, 0.3) is 86.6 Å². The van der Waals surface area contributed by atoms with E-state index in [4.69, 9.17) is 6.58 Å². The number of fused-ring (bicyclic) bond motifs is 19. The van der Waals surface area contributed by atoms with Crippen molar-refractivity contribution in [3.05, 3.63) is 179 Å². The van der Waals surface area contributed by atoms with Crippen LogP contribution in [0.1, 0.15) is 115 Å². The van der Waals surface area contributed by atoms with Gasteiger partial charge in [0.25, 0.3) is 0 Å². The highest BCUT2D eigenvalue weighted by atomic mass is 32.1. The summed E-state index contributed by atoms with van der Waals surface area (Å²) in [4.78, 5) is 2.74. The predicted molar refractivity (Wildman–Crippen MR) is 300 cm³/mol. The molecule has 69 heavy (non-hydrogen) atoms. The lowest BCUT2D eigenvalue weighted by atomic mass is 9.43. The summed E-state index contributed by atoms with van der Waals surface area (Å²) < 4.78 is 5.36. The van der Waals surface area contributed by atoms with Gasteiger partial charge in [0.05, 0.1) is 11.0 Å². The highest BCUT2D eigenvalue weighted by Crippen LogP contribution is 2.60. The molecule has 4 aliphatic rings. The summed E-state index contributed by atoms with van der Waals surface area (Å²) in [6.45, 7) is 30.8. The minimum absolute atomic E-state index is 0.00980. The van der Waals surface area contributed by atoms with Gasteiger partial charge in [-0.2, -0.15) is 0 Å². The molecule has 0 amide bonds. The van der Waals surface area contributed by atoms with Crippen molar-refractivity contribution in [1.29, 1.82) is 0 Å². The highest BCUT2D eigenvalue weighted by Gasteiger charge is 2.51. The number of benzene rings is 8. The van der Waals surface area contributed by atoms with Crippen LogP contribution in [0.15, 0.2) is 140 Å². The van der Waals surface area contributed by atoms with Crippen LogP contribution in [0.4, 0.5) is 11.4 Å². The van der Waals surface area contributed by atoms with Crippen molar-refractivity contribution in [3.8, 4) is 39.1 Å². The van der Waals surface area contributed by atoms with Gasteiger partial charge in [0.1, 0.15) is 0 Å². The van der Waals surface area contributed by atoms with E-state index in [1.807, 2.05) is 11.3 Å². The summed E-state index contributed by atoms with van der Waals surface area (Å²) in [5, 5.41) is 5.37. The normalized spacial score (nSPS) is 15.3. The second kappa shape index (κ2) is 13.2. The quantitative estimate of drug-likeness (QED) is 0.149. The van der Waals surface area contributed by atoms with Crippen LogP contribution in [0, 0.1) is 0 Å². The van der Waals surface area contributed by atoms with Gasteiger partial charge in [-0.25, -0.2) is 0 Å². The van der Waals surface area contributed by atoms with Gasteiger partial charge in [-0.15, -0.1) is 11.3 Å². The van der Waals surface area contributed by atoms with Crippen LogP contribution in [0.2, 0.25) is 0 Å². The Morgan fingerprint density at radius 1 is 0.522 bits per heavy atom. The zero-order chi connectivity index (χ0) is 47.6. The zero-order valence-electron chi connectivity index (χ0n) is 41.8. The number of aromatic nitrogens is 1. The van der Waals surface area contributed by atoms with E-state index >= 15 is 0 Å². The van der Waals surface area contributed by atoms with Gasteiger partial charge in [0, 0.05) is 59.0 Å². The van der Waals surface area contributed by atoms with E-state index in [1.165, 1.54) is 142 Å². The molecule has 4 heteroatoms. The second-order valence-corrected chi connectivity index (χ2v) is 25.3. The maximum Gasteiger partial charge on any atom is 0.333 e. The SMILES string of the molecule is C=C1c2ccc(C(C)(C)C)cc2-c2cc3c(cc21)N(c1ccc(C(C)(C)C)cc1)B1c2cc4sc5ccccc5c4cc2-n2c4ccc(C(C)(C)C)cc4c4c5c(c-3c1c42)C(C)(C)c1ccccc1-5. The molecule has 0 fully saturated rings. The molecule has 0 N–H and O–H groups in total. The van der Waals surface area contributed by atoms with Gasteiger partial charge in [0.15, 0.2) is 0 Å². The van der Waals surface area contributed by atoms with Crippen LogP contribution < -0.4 is 15.7 Å². The monoisotopic (exact) mass is 908 g/mol. The van der Waals surface area contributed by atoms with Gasteiger partial charge < -0.3 is 9.38 Å². The maximum atomic E-state index is 4.87. The van der Waals surface area contributed by atoms with Crippen molar-refractivity contribution >= 4 is 88.0 Å². The molecule has 0 radical (unpaired) electrons. The fourth-order valence-electron chi connectivity index (χ4n) is 13.1. The minimum atomic E-state index is -0.282. The molecule has 10 aromatic rings. The van der Waals surface area contributed by atoms with Crippen LogP contribution in [0.5, 0.6) is 0 Å². The Morgan fingerprint density at radius 3 is 1.94 bits per heavy atom. The fourth-order valence-corrected chi connectivity index (χ4v) is 14.2. The molecule has 0 saturated heterocycles. The minimum Gasteiger partial charge on any atom is -0.376 e. The first-order chi connectivity index (χ1) is 32.8. The van der Waals surface area contributed by atoms with Gasteiger partial charge in [-0.1, -0.05) is 156 Å². The third-order valence-electron chi connectivity index (χ3n) is 16.7. The van der Waals surface area contributed by atoms with Crippen molar-refractivity contribution in [2.75, 3.05) is 4.81 Å². The topological polar surface area (TPSA) is 8.17 Å². The van der Waals surface area contributed by atoms with Gasteiger partial charge in [-0.3, -0.25) is 0 Å². The standard InChI is InChI=1S/C65H57BN2S/c1-35-40-27-23-37(63(5,6)7)29-44(40)45-31-48-52(32-43(35)45)68(39-25-21-36(22-26-39)62(2,3)4)66-50-34-55-46(41-17-14-16-20-54(41)69-55)33-53(50)67-51-28-24-38(64(8,9)10)30-47(51)57-56-42-18-13-15-19-49(42)65(11,12)59(56)58(48)60(66)61(57)67/h13-34H,1H2,2-12H3. The molecule has 4 heterocycles. The van der Waals surface area contributed by atoms with Crippen molar-refractivity contribution in [2.45, 2.75) is 97.8 Å². The molecule has 14 rings (SSSR count). The summed E-state index contributed by atoms with van der Waals surface area (Å²) in [5.41, 5.74) is 27.3. The first kappa shape index (κ1) is 41.4. The van der Waals surface area contributed by atoms with Crippen LogP contribution in [-0.2, 0) is 21.7 Å². The predicted octanol–water partition coefficient (Wildman–Crippen LogP) is 16.6. The van der Waals surface area contributed by atoms with Crippen molar-refractivity contribution in [1.82, 2.24) is 4.57 Å². The third-order valence-corrected chi connectivity index (χ3v) is 17.8. The fraction of sp³-hybridized carbons (Fsp3) is 0.231. The number of nitrogens with zero attached hydrogens (tertiary/aromatic N) is 2. The van der Waals surface area contributed by atoms with E-state index < -0.39 is 0 Å². The Kier molecular flexibility index (Phi) is 7.89. The second-order valence-electron chi connectivity index (χ2n) is 24.2. The molecular formula is C65H57BN2S. The van der Waals surface area contributed by atoms with Crippen molar-refractivity contribution < 1.29 is 0 Å². The molecule has 2 aromatic heterocycles. The Bertz CT molecular complexity index is 4000.